The smallest absolute Gasteiger partial charge is 0.340 e. The number of aromatic nitrogens is 1. The molecule has 0 unspecified atom stereocenters. The predicted octanol–water partition coefficient (Wildman–Crippen LogP) is 2.51. The first-order valence-electron chi connectivity index (χ1n) is 5.22. The van der Waals surface area contributed by atoms with E-state index in [1.807, 2.05) is 0 Å². The number of rotatable bonds is 4. The molecule has 0 aliphatic heterocycles. The van der Waals surface area contributed by atoms with Gasteiger partial charge < -0.3 is 8.92 Å². The SMILES string of the molecule is COc1cc(S(=O)(=O)Oc2ccccn2)ccc1Cl. The van der Waals surface area contributed by atoms with Gasteiger partial charge in [0.2, 0.25) is 5.88 Å². The lowest BCUT2D eigenvalue weighted by atomic mass is 10.3. The second-order valence-electron chi connectivity index (χ2n) is 3.50. The highest BCUT2D eigenvalue weighted by atomic mass is 35.5. The van der Waals surface area contributed by atoms with Crippen LogP contribution in [0.2, 0.25) is 5.02 Å². The predicted molar refractivity (Wildman–Crippen MR) is 70.1 cm³/mol. The van der Waals surface area contributed by atoms with Gasteiger partial charge in [0.25, 0.3) is 0 Å². The highest BCUT2D eigenvalue weighted by molar-refractivity contribution is 7.87. The van der Waals surface area contributed by atoms with Gasteiger partial charge in [0, 0.05) is 18.3 Å². The molecule has 0 saturated carbocycles. The Morgan fingerprint density at radius 2 is 2.00 bits per heavy atom. The summed E-state index contributed by atoms with van der Waals surface area (Å²) >= 11 is 5.83. The van der Waals surface area contributed by atoms with Gasteiger partial charge in [0.15, 0.2) is 0 Å². The summed E-state index contributed by atoms with van der Waals surface area (Å²) < 4.78 is 33.9. The Kier molecular flexibility index (Phi) is 3.92. The maximum Gasteiger partial charge on any atom is 0.340 e. The van der Waals surface area contributed by atoms with Gasteiger partial charge in [-0.05, 0) is 18.2 Å². The van der Waals surface area contributed by atoms with Crippen LogP contribution >= 0.6 is 11.6 Å². The number of pyridine rings is 1. The number of halogens is 1. The van der Waals surface area contributed by atoms with Crippen molar-refractivity contribution in [2.75, 3.05) is 7.11 Å². The van der Waals surface area contributed by atoms with Crippen LogP contribution in [0.5, 0.6) is 11.6 Å². The largest absolute Gasteiger partial charge is 0.495 e. The quantitative estimate of drug-likeness (QED) is 0.812. The number of hydrogen-bond acceptors (Lipinski definition) is 5. The first-order valence-corrected chi connectivity index (χ1v) is 7.00. The Balaban J connectivity index is 2.35. The minimum absolute atomic E-state index is 0.00332. The molecule has 19 heavy (non-hydrogen) atoms. The second-order valence-corrected chi connectivity index (χ2v) is 5.46. The molecule has 2 aromatic rings. The molecule has 0 saturated heterocycles. The average Bonchev–Trinajstić information content (AvgIpc) is 2.39. The zero-order chi connectivity index (χ0) is 13.9. The molecule has 1 heterocycles. The maximum absolute atomic E-state index is 12.0. The van der Waals surface area contributed by atoms with E-state index in [2.05, 4.69) is 4.98 Å². The summed E-state index contributed by atoms with van der Waals surface area (Å²) in [5.74, 6) is 0.253. The van der Waals surface area contributed by atoms with Crippen LogP contribution in [0.3, 0.4) is 0 Å². The summed E-state index contributed by atoms with van der Waals surface area (Å²) in [6.45, 7) is 0. The Labute approximate surface area is 115 Å². The van der Waals surface area contributed by atoms with E-state index in [-0.39, 0.29) is 16.5 Å². The fraction of sp³-hybridized carbons (Fsp3) is 0.0833. The van der Waals surface area contributed by atoms with E-state index in [1.54, 1.807) is 12.1 Å². The third kappa shape index (κ3) is 3.15. The fourth-order valence-electron chi connectivity index (χ4n) is 1.35. The maximum atomic E-state index is 12.0. The van der Waals surface area contributed by atoms with E-state index >= 15 is 0 Å². The van der Waals surface area contributed by atoms with E-state index in [0.29, 0.717) is 5.02 Å². The molecule has 0 fully saturated rings. The molecule has 1 aromatic carbocycles. The van der Waals surface area contributed by atoms with Crippen LogP contribution in [0, 0.1) is 0 Å². The number of methoxy groups -OCH3 is 1. The number of nitrogens with zero attached hydrogens (tertiary/aromatic N) is 1. The molecule has 0 spiro atoms. The Morgan fingerprint density at radius 3 is 2.63 bits per heavy atom. The molecule has 0 radical (unpaired) electrons. The van der Waals surface area contributed by atoms with Gasteiger partial charge in [-0.15, -0.1) is 0 Å². The monoisotopic (exact) mass is 299 g/mol. The average molecular weight is 300 g/mol. The highest BCUT2D eigenvalue weighted by Gasteiger charge is 2.19. The summed E-state index contributed by atoms with van der Waals surface area (Å²) in [6.07, 6.45) is 1.44. The molecule has 0 atom stereocenters. The van der Waals surface area contributed by atoms with Crippen molar-refractivity contribution in [1.29, 1.82) is 0 Å². The molecule has 0 N–H and O–H groups in total. The van der Waals surface area contributed by atoms with Crippen molar-refractivity contribution in [3.63, 3.8) is 0 Å². The van der Waals surface area contributed by atoms with Crippen molar-refractivity contribution >= 4 is 21.7 Å². The van der Waals surface area contributed by atoms with Crippen molar-refractivity contribution < 1.29 is 17.3 Å². The van der Waals surface area contributed by atoms with Gasteiger partial charge in [0.1, 0.15) is 10.6 Å². The molecule has 100 valence electrons. The van der Waals surface area contributed by atoms with Crippen LogP contribution in [-0.2, 0) is 10.1 Å². The molecule has 2 rings (SSSR count). The second kappa shape index (κ2) is 5.46. The Bertz CT molecular complexity index is 673. The van der Waals surface area contributed by atoms with Crippen molar-refractivity contribution in [1.82, 2.24) is 4.98 Å². The van der Waals surface area contributed by atoms with Crippen LogP contribution in [0.25, 0.3) is 0 Å². The molecule has 5 nitrogen and oxygen atoms in total. The van der Waals surface area contributed by atoms with Gasteiger partial charge in [-0.3, -0.25) is 0 Å². The first-order chi connectivity index (χ1) is 9.03. The van der Waals surface area contributed by atoms with Crippen molar-refractivity contribution in [2.45, 2.75) is 4.90 Å². The van der Waals surface area contributed by atoms with E-state index < -0.39 is 10.1 Å². The first kappa shape index (κ1) is 13.6. The summed E-state index contributed by atoms with van der Waals surface area (Å²) in [6, 6.07) is 8.79. The van der Waals surface area contributed by atoms with Gasteiger partial charge in [0.05, 0.1) is 12.1 Å². The van der Waals surface area contributed by atoms with Gasteiger partial charge in [-0.25, -0.2) is 4.98 Å². The lowest BCUT2D eigenvalue weighted by Gasteiger charge is -2.08. The topological polar surface area (TPSA) is 65.5 Å². The molecule has 7 heteroatoms. The summed E-state index contributed by atoms with van der Waals surface area (Å²) in [5, 5.41) is 0.319. The van der Waals surface area contributed by atoms with Crippen LogP contribution in [0.4, 0.5) is 0 Å². The van der Waals surface area contributed by atoms with E-state index in [0.717, 1.165) is 0 Å². The molecule has 0 aliphatic rings. The van der Waals surface area contributed by atoms with Gasteiger partial charge in [-0.1, -0.05) is 17.7 Å². The van der Waals surface area contributed by atoms with Crippen molar-refractivity contribution in [2.24, 2.45) is 0 Å². The normalized spacial score (nSPS) is 11.1. The highest BCUT2D eigenvalue weighted by Crippen LogP contribution is 2.28. The van der Waals surface area contributed by atoms with Crippen molar-refractivity contribution in [3.8, 4) is 11.6 Å². The minimum Gasteiger partial charge on any atom is -0.495 e. The van der Waals surface area contributed by atoms with E-state index in [9.17, 15) is 8.42 Å². The van der Waals surface area contributed by atoms with Crippen LogP contribution in [0.1, 0.15) is 0 Å². The summed E-state index contributed by atoms with van der Waals surface area (Å²) in [4.78, 5) is 3.73. The Hall–Kier alpha value is -1.79. The summed E-state index contributed by atoms with van der Waals surface area (Å²) in [7, 11) is -2.56. The zero-order valence-electron chi connectivity index (χ0n) is 9.91. The molecule has 0 amide bonds. The lowest BCUT2D eigenvalue weighted by molar-refractivity contribution is 0.412. The molecular formula is C12H10ClNO4S. The molecular weight excluding hydrogens is 290 g/mol. The van der Waals surface area contributed by atoms with E-state index in [4.69, 9.17) is 20.5 Å². The molecule has 0 aliphatic carbocycles. The van der Waals surface area contributed by atoms with Gasteiger partial charge >= 0.3 is 10.1 Å². The molecule has 0 bridgehead atoms. The third-order valence-electron chi connectivity index (χ3n) is 2.24. The van der Waals surface area contributed by atoms with Gasteiger partial charge in [-0.2, -0.15) is 8.42 Å². The number of hydrogen-bond donors (Lipinski definition) is 0. The third-order valence-corrected chi connectivity index (χ3v) is 3.78. The lowest BCUT2D eigenvalue weighted by Crippen LogP contribution is -2.10. The zero-order valence-corrected chi connectivity index (χ0v) is 11.5. The molecule has 1 aromatic heterocycles. The Morgan fingerprint density at radius 1 is 1.21 bits per heavy atom. The van der Waals surface area contributed by atoms with Crippen LogP contribution in [-0.4, -0.2) is 20.5 Å². The van der Waals surface area contributed by atoms with E-state index in [1.165, 1.54) is 37.6 Å². The standard InChI is InChI=1S/C12H10ClNO4S/c1-17-11-8-9(5-6-10(11)13)19(15,16)18-12-4-2-3-7-14-12/h2-8H,1H3. The van der Waals surface area contributed by atoms with Crippen LogP contribution in [0.15, 0.2) is 47.5 Å². The summed E-state index contributed by atoms with van der Waals surface area (Å²) in [5.41, 5.74) is 0. The fourth-order valence-corrected chi connectivity index (χ4v) is 2.45. The number of benzene rings is 1. The van der Waals surface area contributed by atoms with Crippen molar-refractivity contribution in [3.05, 3.63) is 47.6 Å². The minimum atomic E-state index is -3.96. The van der Waals surface area contributed by atoms with Crippen LogP contribution < -0.4 is 8.92 Å². The number of ether oxygens (including phenoxy) is 1.